The lowest BCUT2D eigenvalue weighted by molar-refractivity contribution is -0.140. The van der Waals surface area contributed by atoms with E-state index in [1.165, 1.54) is 0 Å². The van der Waals surface area contributed by atoms with Gasteiger partial charge in [0, 0.05) is 6.20 Å². The number of hydrogen-bond acceptors (Lipinski definition) is 3. The number of hydrogen-bond donors (Lipinski definition) is 0. The third kappa shape index (κ3) is 4.35. The average molecular weight is 495 g/mol. The van der Waals surface area contributed by atoms with Crippen LogP contribution in [0, 0.1) is 25.5 Å². The zero-order chi connectivity index (χ0) is 24.8. The first-order chi connectivity index (χ1) is 15.9. The average Bonchev–Trinajstić information content (AvgIpc) is 3.07. The van der Waals surface area contributed by atoms with Crippen LogP contribution in [0.15, 0.2) is 65.7 Å². The van der Waals surface area contributed by atoms with Crippen LogP contribution in [0.4, 0.5) is 27.8 Å². The van der Waals surface area contributed by atoms with E-state index in [-0.39, 0.29) is 16.3 Å². The van der Waals surface area contributed by atoms with Crippen molar-refractivity contribution in [3.8, 4) is 0 Å². The van der Waals surface area contributed by atoms with Crippen molar-refractivity contribution in [1.29, 1.82) is 0 Å². The first-order valence-electron chi connectivity index (χ1n) is 9.97. The Morgan fingerprint density at radius 3 is 2.26 bits per heavy atom. The fourth-order valence-corrected chi connectivity index (χ4v) is 5.01. The predicted molar refractivity (Wildman–Crippen MR) is 116 cm³/mol. The van der Waals surface area contributed by atoms with E-state index >= 15 is 0 Å². The van der Waals surface area contributed by atoms with Crippen LogP contribution in [0.5, 0.6) is 0 Å². The van der Waals surface area contributed by atoms with Crippen LogP contribution in [0.3, 0.4) is 0 Å². The largest absolute Gasteiger partial charge is 0.419 e. The number of nitrogens with zero attached hydrogens (tertiary/aromatic N) is 3. The molecule has 0 radical (unpaired) electrons. The van der Waals surface area contributed by atoms with Gasteiger partial charge in [0.25, 0.3) is 10.0 Å². The Morgan fingerprint density at radius 1 is 0.971 bits per heavy atom. The van der Waals surface area contributed by atoms with Crippen LogP contribution in [-0.4, -0.2) is 17.8 Å². The normalized spacial score (nSPS) is 12.3. The molecule has 0 unspecified atom stereocenters. The molecule has 0 aliphatic carbocycles. The van der Waals surface area contributed by atoms with E-state index in [2.05, 4.69) is 4.98 Å². The molecule has 2 aromatic heterocycles. The van der Waals surface area contributed by atoms with Gasteiger partial charge < -0.3 is 4.40 Å². The van der Waals surface area contributed by atoms with Crippen molar-refractivity contribution in [2.75, 3.05) is 4.31 Å². The van der Waals surface area contributed by atoms with Gasteiger partial charge in [-0.3, -0.25) is 0 Å². The molecule has 0 saturated carbocycles. The Kier molecular flexibility index (Phi) is 5.84. The standard InChI is InChI=1S/C23H18F5N3O2S/c1-14-3-10-21-29-22(15(2)30(21)12-14)31(34(32,33)18-7-5-17(24)6-8-18)13-16-4-9-19(20(25)11-16)23(26,27)28/h3-12H,13H2,1-2H3. The third-order valence-electron chi connectivity index (χ3n) is 5.28. The number of fused-ring (bicyclic) bond motifs is 1. The van der Waals surface area contributed by atoms with Gasteiger partial charge in [-0.05, 0) is 67.4 Å². The van der Waals surface area contributed by atoms with Gasteiger partial charge in [0.2, 0.25) is 0 Å². The van der Waals surface area contributed by atoms with E-state index in [0.29, 0.717) is 23.5 Å². The van der Waals surface area contributed by atoms with Crippen LogP contribution >= 0.6 is 0 Å². The lowest BCUT2D eigenvalue weighted by Crippen LogP contribution is -2.31. The molecule has 2 aromatic carbocycles. The summed E-state index contributed by atoms with van der Waals surface area (Å²) in [5.74, 6) is -2.16. The zero-order valence-electron chi connectivity index (χ0n) is 17.9. The molecule has 178 valence electrons. The zero-order valence-corrected chi connectivity index (χ0v) is 18.8. The number of halogens is 5. The molecule has 0 N–H and O–H groups in total. The molecule has 11 heteroatoms. The Labute approximate surface area is 192 Å². The molecule has 0 bridgehead atoms. The molecule has 0 aliphatic rings. The number of pyridine rings is 1. The van der Waals surface area contributed by atoms with Gasteiger partial charge in [-0.15, -0.1) is 0 Å². The molecule has 5 nitrogen and oxygen atoms in total. The predicted octanol–water partition coefficient (Wildman–Crippen LogP) is 5.64. The van der Waals surface area contributed by atoms with Crippen molar-refractivity contribution >= 4 is 21.5 Å². The number of aromatic nitrogens is 2. The molecule has 0 spiro atoms. The van der Waals surface area contributed by atoms with Crippen LogP contribution in [0.25, 0.3) is 5.65 Å². The summed E-state index contributed by atoms with van der Waals surface area (Å²) in [5.41, 5.74) is 0.289. The lowest BCUT2D eigenvalue weighted by atomic mass is 10.1. The smallest absolute Gasteiger partial charge is 0.302 e. The minimum atomic E-state index is -4.89. The van der Waals surface area contributed by atoms with Crippen molar-refractivity contribution in [2.24, 2.45) is 0 Å². The maximum atomic E-state index is 14.2. The van der Waals surface area contributed by atoms with Crippen LogP contribution in [-0.2, 0) is 22.7 Å². The molecule has 2 heterocycles. The van der Waals surface area contributed by atoms with Crippen molar-refractivity contribution in [1.82, 2.24) is 9.38 Å². The van der Waals surface area contributed by atoms with Crippen molar-refractivity contribution in [3.05, 3.63) is 94.8 Å². The number of imidazole rings is 1. The molecular weight excluding hydrogens is 477 g/mol. The number of rotatable bonds is 5. The molecule has 0 saturated heterocycles. The summed E-state index contributed by atoms with van der Waals surface area (Å²) in [5, 5.41) is 0. The summed E-state index contributed by atoms with van der Waals surface area (Å²) >= 11 is 0. The molecule has 0 amide bonds. The minimum absolute atomic E-state index is 0.00947. The van der Waals surface area contributed by atoms with Gasteiger partial charge in [0.1, 0.15) is 17.3 Å². The number of sulfonamides is 1. The Morgan fingerprint density at radius 2 is 1.65 bits per heavy atom. The third-order valence-corrected chi connectivity index (χ3v) is 7.03. The fraction of sp³-hybridized carbons (Fsp3) is 0.174. The van der Waals surface area contributed by atoms with Crippen LogP contribution < -0.4 is 4.31 Å². The van der Waals surface area contributed by atoms with Gasteiger partial charge in [0.05, 0.1) is 22.7 Å². The van der Waals surface area contributed by atoms with Gasteiger partial charge in [-0.1, -0.05) is 12.1 Å². The maximum absolute atomic E-state index is 14.2. The van der Waals surface area contributed by atoms with Gasteiger partial charge in [-0.25, -0.2) is 26.5 Å². The van der Waals surface area contributed by atoms with Gasteiger partial charge >= 0.3 is 6.18 Å². The second-order valence-corrected chi connectivity index (χ2v) is 9.60. The molecule has 4 aromatic rings. The summed E-state index contributed by atoms with van der Waals surface area (Å²) in [4.78, 5) is 4.14. The number of anilines is 1. The van der Waals surface area contributed by atoms with E-state index < -0.39 is 39.9 Å². The highest BCUT2D eigenvalue weighted by Crippen LogP contribution is 2.33. The summed E-state index contributed by atoms with van der Waals surface area (Å²) in [6, 6.07) is 9.78. The molecule has 34 heavy (non-hydrogen) atoms. The topological polar surface area (TPSA) is 54.7 Å². The molecule has 0 aliphatic heterocycles. The summed E-state index contributed by atoms with van der Waals surface area (Å²) in [7, 11) is -4.35. The molecule has 0 fully saturated rings. The highest BCUT2D eigenvalue weighted by atomic mass is 32.2. The van der Waals surface area contributed by atoms with Crippen molar-refractivity contribution in [3.63, 3.8) is 0 Å². The van der Waals surface area contributed by atoms with Crippen molar-refractivity contribution < 1.29 is 30.4 Å². The highest BCUT2D eigenvalue weighted by Gasteiger charge is 2.35. The fourth-order valence-electron chi connectivity index (χ4n) is 3.55. The maximum Gasteiger partial charge on any atom is 0.419 e. The summed E-state index contributed by atoms with van der Waals surface area (Å²) in [6.07, 6.45) is -3.14. The summed E-state index contributed by atoms with van der Waals surface area (Å²) < 4.78 is 96.1. The number of aryl methyl sites for hydroxylation is 2. The SMILES string of the molecule is Cc1ccc2nc(N(Cc3ccc(C(F)(F)F)c(F)c3)S(=O)(=O)c3ccc(F)cc3)c(C)n2c1. The Hall–Kier alpha value is -3.47. The van der Waals surface area contributed by atoms with Crippen LogP contribution in [0.1, 0.15) is 22.4 Å². The van der Waals surface area contributed by atoms with Gasteiger partial charge in [-0.2, -0.15) is 13.2 Å². The molecule has 0 atom stereocenters. The highest BCUT2D eigenvalue weighted by molar-refractivity contribution is 7.92. The summed E-state index contributed by atoms with van der Waals surface area (Å²) in [6.45, 7) is 2.98. The number of benzene rings is 2. The van der Waals surface area contributed by atoms with E-state index in [0.717, 1.165) is 40.2 Å². The Balaban J connectivity index is 1.87. The van der Waals surface area contributed by atoms with Gasteiger partial charge in [0.15, 0.2) is 5.82 Å². The van der Waals surface area contributed by atoms with E-state index in [9.17, 15) is 30.4 Å². The van der Waals surface area contributed by atoms with Crippen molar-refractivity contribution in [2.45, 2.75) is 31.5 Å². The first-order valence-corrected chi connectivity index (χ1v) is 11.4. The monoisotopic (exact) mass is 495 g/mol. The minimum Gasteiger partial charge on any atom is -0.302 e. The lowest BCUT2D eigenvalue weighted by Gasteiger charge is -2.23. The second kappa shape index (κ2) is 8.39. The molecular formula is C23H18F5N3O2S. The quantitative estimate of drug-likeness (QED) is 0.337. The second-order valence-electron chi connectivity index (χ2n) is 7.73. The number of alkyl halides is 3. The van der Waals surface area contributed by atoms with E-state index in [4.69, 9.17) is 0 Å². The Bertz CT molecular complexity index is 1480. The molecule has 4 rings (SSSR count). The first kappa shape index (κ1) is 23.7. The van der Waals surface area contributed by atoms with E-state index in [1.807, 2.05) is 6.92 Å². The van der Waals surface area contributed by atoms with E-state index in [1.54, 1.807) is 29.7 Å². The van der Waals surface area contributed by atoms with Crippen LogP contribution in [0.2, 0.25) is 0 Å².